The number of amides is 2. The lowest BCUT2D eigenvalue weighted by molar-refractivity contribution is -0.133. The van der Waals surface area contributed by atoms with E-state index in [1.54, 1.807) is 16.9 Å². The van der Waals surface area contributed by atoms with Crippen LogP contribution in [0.15, 0.2) is 91.1 Å². The highest BCUT2D eigenvalue weighted by molar-refractivity contribution is 6.00. The second-order valence-electron chi connectivity index (χ2n) is 10.1. The van der Waals surface area contributed by atoms with Crippen LogP contribution in [-0.4, -0.2) is 59.5 Å². The lowest BCUT2D eigenvalue weighted by atomic mass is 10.1. The zero-order valence-corrected chi connectivity index (χ0v) is 22.5. The molecule has 4 aromatic rings. The molecule has 0 radical (unpaired) electrons. The molecule has 4 rings (SSSR count). The number of nitrogens with zero attached hydrogens (tertiary/aromatic N) is 3. The van der Waals surface area contributed by atoms with Gasteiger partial charge in [0.2, 0.25) is 5.91 Å². The largest absolute Gasteiger partial charge is 0.383 e. The molecule has 0 aliphatic heterocycles. The Hall–Kier alpha value is -3.90. The smallest absolute Gasteiger partial charge is 0.254 e. The fourth-order valence-electron chi connectivity index (χ4n) is 4.64. The van der Waals surface area contributed by atoms with Gasteiger partial charge in [-0.15, -0.1) is 0 Å². The van der Waals surface area contributed by atoms with E-state index in [0.29, 0.717) is 31.8 Å². The molecule has 2 amide bonds. The van der Waals surface area contributed by atoms with Crippen LogP contribution in [0.5, 0.6) is 0 Å². The lowest BCUT2D eigenvalue weighted by Crippen LogP contribution is -2.45. The van der Waals surface area contributed by atoms with Crippen molar-refractivity contribution < 1.29 is 14.3 Å². The van der Waals surface area contributed by atoms with E-state index < -0.39 is 0 Å². The van der Waals surface area contributed by atoms with Crippen molar-refractivity contribution in [2.45, 2.75) is 26.9 Å². The number of ether oxygens (including phenoxy) is 1. The Morgan fingerprint density at radius 3 is 2.34 bits per heavy atom. The third-order valence-corrected chi connectivity index (χ3v) is 6.59. The molecule has 198 valence electrons. The average Bonchev–Trinajstić information content (AvgIpc) is 3.36. The summed E-state index contributed by atoms with van der Waals surface area (Å²) in [5.74, 6) is 0.00369. The number of hydrogen-bond acceptors (Lipinski definition) is 3. The first-order valence-corrected chi connectivity index (χ1v) is 13.2. The monoisotopic (exact) mass is 511 g/mol. The minimum absolute atomic E-state index is 0.0208. The molecule has 0 saturated carbocycles. The summed E-state index contributed by atoms with van der Waals surface area (Å²) in [6.07, 6.45) is 2.04. The maximum absolute atomic E-state index is 13.7. The number of carbonyl (C=O) groups excluding carboxylic acids is 2. The molecule has 0 aliphatic rings. The third kappa shape index (κ3) is 7.11. The number of benzene rings is 3. The topological polar surface area (TPSA) is 54.8 Å². The molecule has 0 aliphatic carbocycles. The molecule has 0 bridgehead atoms. The number of hydrogen-bond donors (Lipinski definition) is 0. The van der Waals surface area contributed by atoms with Crippen LogP contribution < -0.4 is 0 Å². The van der Waals surface area contributed by atoms with Crippen LogP contribution in [0.25, 0.3) is 10.8 Å². The van der Waals surface area contributed by atoms with Gasteiger partial charge < -0.3 is 19.1 Å². The number of rotatable bonds is 12. The van der Waals surface area contributed by atoms with Crippen LogP contribution in [0.4, 0.5) is 0 Å². The molecule has 0 N–H and O–H groups in total. The molecule has 0 spiro atoms. The summed E-state index contributed by atoms with van der Waals surface area (Å²) < 4.78 is 7.47. The molecule has 38 heavy (non-hydrogen) atoms. The van der Waals surface area contributed by atoms with Crippen molar-refractivity contribution >= 4 is 22.6 Å². The van der Waals surface area contributed by atoms with Crippen molar-refractivity contribution in [1.82, 2.24) is 14.4 Å². The fourth-order valence-corrected chi connectivity index (χ4v) is 4.64. The van der Waals surface area contributed by atoms with Crippen LogP contribution in [0.2, 0.25) is 0 Å². The van der Waals surface area contributed by atoms with Crippen molar-refractivity contribution in [2.24, 2.45) is 5.92 Å². The van der Waals surface area contributed by atoms with Gasteiger partial charge in [-0.05, 0) is 46.5 Å². The summed E-state index contributed by atoms with van der Waals surface area (Å²) >= 11 is 0. The van der Waals surface area contributed by atoms with Crippen LogP contribution >= 0.6 is 0 Å². The fraction of sp³-hybridized carbons (Fsp3) is 0.312. The van der Waals surface area contributed by atoms with Gasteiger partial charge in [0.15, 0.2) is 0 Å². The lowest BCUT2D eigenvalue weighted by Gasteiger charge is -2.29. The maximum atomic E-state index is 13.7. The van der Waals surface area contributed by atoms with Crippen LogP contribution in [0.1, 0.15) is 35.5 Å². The second-order valence-corrected chi connectivity index (χ2v) is 10.1. The summed E-state index contributed by atoms with van der Waals surface area (Å²) in [5.41, 5.74) is 2.83. The Balaban J connectivity index is 1.52. The molecule has 6 heteroatoms. The van der Waals surface area contributed by atoms with Crippen molar-refractivity contribution in [2.75, 3.05) is 33.4 Å². The maximum Gasteiger partial charge on any atom is 0.254 e. The normalized spacial score (nSPS) is 11.2. The molecule has 6 nitrogen and oxygen atoms in total. The summed E-state index contributed by atoms with van der Waals surface area (Å²) in [4.78, 5) is 30.7. The first-order valence-electron chi connectivity index (χ1n) is 13.2. The van der Waals surface area contributed by atoms with Gasteiger partial charge in [0.05, 0.1) is 13.2 Å². The summed E-state index contributed by atoms with van der Waals surface area (Å²) in [5, 5.41) is 2.09. The van der Waals surface area contributed by atoms with Gasteiger partial charge in [-0.1, -0.05) is 74.5 Å². The quantitative estimate of drug-likeness (QED) is 0.254. The van der Waals surface area contributed by atoms with Crippen LogP contribution in [0, 0.1) is 5.92 Å². The second kappa shape index (κ2) is 13.1. The molecule has 0 unspecified atom stereocenters. The Kier molecular flexibility index (Phi) is 9.33. The van der Waals surface area contributed by atoms with Gasteiger partial charge in [0, 0.05) is 44.2 Å². The molecule has 0 fully saturated rings. The van der Waals surface area contributed by atoms with Gasteiger partial charge in [-0.2, -0.15) is 0 Å². The Bertz CT molecular complexity index is 1350. The Labute approximate surface area is 225 Å². The van der Waals surface area contributed by atoms with Crippen molar-refractivity contribution in [3.8, 4) is 0 Å². The number of methoxy groups -OCH3 is 1. The summed E-state index contributed by atoms with van der Waals surface area (Å²) in [6, 6.07) is 28.0. The highest BCUT2D eigenvalue weighted by atomic mass is 16.5. The molecule has 3 aromatic carbocycles. The zero-order chi connectivity index (χ0) is 26.9. The molecule has 1 aromatic heterocycles. The first-order chi connectivity index (χ1) is 18.4. The predicted octanol–water partition coefficient (Wildman–Crippen LogP) is 5.46. The number of fused-ring (bicyclic) bond motifs is 1. The van der Waals surface area contributed by atoms with E-state index >= 15 is 0 Å². The van der Waals surface area contributed by atoms with E-state index in [4.69, 9.17) is 4.74 Å². The van der Waals surface area contributed by atoms with E-state index in [9.17, 15) is 9.59 Å². The summed E-state index contributed by atoms with van der Waals surface area (Å²) in [6.45, 7) is 6.69. The van der Waals surface area contributed by atoms with Crippen LogP contribution in [0.3, 0.4) is 0 Å². The highest BCUT2D eigenvalue weighted by Crippen LogP contribution is 2.18. The van der Waals surface area contributed by atoms with Crippen molar-refractivity contribution in [3.63, 3.8) is 0 Å². The number of carbonyl (C=O) groups is 2. The molecule has 0 saturated heterocycles. The highest BCUT2D eigenvalue weighted by Gasteiger charge is 2.24. The van der Waals surface area contributed by atoms with Crippen molar-refractivity contribution in [1.29, 1.82) is 0 Å². The van der Waals surface area contributed by atoms with Gasteiger partial charge in [0.1, 0.15) is 6.54 Å². The Morgan fingerprint density at radius 2 is 1.61 bits per heavy atom. The van der Waals surface area contributed by atoms with E-state index in [1.807, 2.05) is 79.0 Å². The van der Waals surface area contributed by atoms with E-state index in [0.717, 1.165) is 23.0 Å². The minimum Gasteiger partial charge on any atom is -0.383 e. The van der Waals surface area contributed by atoms with Gasteiger partial charge in [-0.25, -0.2) is 0 Å². The van der Waals surface area contributed by atoms with Gasteiger partial charge in [-0.3, -0.25) is 9.59 Å². The molecular formula is C32H37N3O3. The van der Waals surface area contributed by atoms with Crippen molar-refractivity contribution in [3.05, 3.63) is 108 Å². The van der Waals surface area contributed by atoms with Gasteiger partial charge >= 0.3 is 0 Å². The minimum atomic E-state index is -0.128. The van der Waals surface area contributed by atoms with E-state index in [1.165, 1.54) is 5.56 Å². The Morgan fingerprint density at radius 1 is 0.868 bits per heavy atom. The average molecular weight is 512 g/mol. The van der Waals surface area contributed by atoms with E-state index in [2.05, 4.69) is 30.5 Å². The predicted molar refractivity (Wildman–Crippen MR) is 152 cm³/mol. The molecular weight excluding hydrogens is 474 g/mol. The molecule has 0 atom stereocenters. The van der Waals surface area contributed by atoms with Gasteiger partial charge in [0.25, 0.3) is 5.91 Å². The van der Waals surface area contributed by atoms with Crippen LogP contribution in [-0.2, 0) is 22.6 Å². The zero-order valence-electron chi connectivity index (χ0n) is 22.5. The number of aromatic nitrogens is 1. The first kappa shape index (κ1) is 27.1. The third-order valence-electron chi connectivity index (χ3n) is 6.59. The molecule has 1 heterocycles. The van der Waals surface area contributed by atoms with E-state index in [-0.39, 0.29) is 24.3 Å². The summed E-state index contributed by atoms with van der Waals surface area (Å²) in [7, 11) is 1.63. The standard InChI is InChI=1S/C32H37N3O3/c1-25(2)21-35(32(37)29-16-15-27-12-7-8-13-28(27)20-29)24-31(36)34(18-19-38-3)23-30-14-9-17-33(30)22-26-10-5-4-6-11-26/h4-17,20,25H,18-19,21-24H2,1-3H3. The SMILES string of the molecule is COCCN(Cc1cccn1Cc1ccccc1)C(=O)CN(CC(C)C)C(=O)c1ccc2ccccc2c1.